The maximum absolute atomic E-state index is 3.54. The minimum absolute atomic E-state index is 0.658. The van der Waals surface area contributed by atoms with Crippen LogP contribution in [0.15, 0.2) is 28.7 Å². The lowest BCUT2D eigenvalue weighted by Gasteiger charge is -2.10. The van der Waals surface area contributed by atoms with Gasteiger partial charge in [-0.1, -0.05) is 48.0 Å². The number of benzene rings is 1. The van der Waals surface area contributed by atoms with Crippen LogP contribution in [0.5, 0.6) is 0 Å². The Hall–Kier alpha value is -0.300. The van der Waals surface area contributed by atoms with Gasteiger partial charge in [0.1, 0.15) is 0 Å². The highest BCUT2D eigenvalue weighted by atomic mass is 79.9. The summed E-state index contributed by atoms with van der Waals surface area (Å²) in [6.45, 7) is 4.46. The molecule has 0 aliphatic rings. The van der Waals surface area contributed by atoms with Crippen LogP contribution in [-0.4, -0.2) is 0 Å². The van der Waals surface area contributed by atoms with Crippen molar-refractivity contribution in [2.75, 3.05) is 0 Å². The van der Waals surface area contributed by atoms with Gasteiger partial charge in [0.05, 0.1) is 0 Å². The molecule has 11 heavy (non-hydrogen) atoms. The molecule has 1 heteroatoms. The molecule has 0 nitrogen and oxygen atoms in total. The van der Waals surface area contributed by atoms with Crippen LogP contribution in [0.3, 0.4) is 0 Å². The first-order chi connectivity index (χ1) is 5.25. The van der Waals surface area contributed by atoms with Crippen LogP contribution in [0.25, 0.3) is 0 Å². The molecule has 1 unspecified atom stereocenters. The zero-order valence-corrected chi connectivity index (χ0v) is 8.56. The maximum atomic E-state index is 3.54. The SMILES string of the molecule is CCC(C)c1ccccc1Br. The molecule has 0 bridgehead atoms. The molecule has 0 aliphatic carbocycles. The monoisotopic (exact) mass is 212 g/mol. The van der Waals surface area contributed by atoms with Gasteiger partial charge < -0.3 is 0 Å². The molecule has 1 rings (SSSR count). The van der Waals surface area contributed by atoms with Gasteiger partial charge in [-0.25, -0.2) is 0 Å². The topological polar surface area (TPSA) is 0 Å². The van der Waals surface area contributed by atoms with E-state index in [0.29, 0.717) is 5.92 Å². The highest BCUT2D eigenvalue weighted by Gasteiger charge is 2.04. The standard InChI is InChI=1S/C10H13Br/c1-3-8(2)9-6-4-5-7-10(9)11/h4-8H,3H2,1-2H3. The van der Waals surface area contributed by atoms with Gasteiger partial charge in [-0.05, 0) is 24.0 Å². The number of rotatable bonds is 2. The molecule has 0 aliphatic heterocycles. The lowest BCUT2D eigenvalue weighted by Crippen LogP contribution is -1.91. The van der Waals surface area contributed by atoms with E-state index in [0.717, 1.165) is 0 Å². The van der Waals surface area contributed by atoms with Gasteiger partial charge in [0, 0.05) is 4.47 Å². The molecule has 0 amide bonds. The molecule has 60 valence electrons. The second kappa shape index (κ2) is 3.91. The van der Waals surface area contributed by atoms with Crippen LogP contribution in [0, 0.1) is 0 Å². The predicted octanol–water partition coefficient (Wildman–Crippen LogP) is 3.96. The minimum Gasteiger partial charge on any atom is -0.0648 e. The summed E-state index contributed by atoms with van der Waals surface area (Å²) in [5.74, 6) is 0.658. The van der Waals surface area contributed by atoms with Gasteiger partial charge in [-0.3, -0.25) is 0 Å². The molecular weight excluding hydrogens is 200 g/mol. The molecule has 0 radical (unpaired) electrons. The van der Waals surface area contributed by atoms with Crippen molar-refractivity contribution < 1.29 is 0 Å². The Bertz CT molecular complexity index is 230. The second-order valence-corrected chi connectivity index (χ2v) is 3.69. The van der Waals surface area contributed by atoms with Crippen molar-refractivity contribution >= 4 is 15.9 Å². The third kappa shape index (κ3) is 2.06. The summed E-state index contributed by atoms with van der Waals surface area (Å²) in [7, 11) is 0. The Morgan fingerprint density at radius 2 is 2.00 bits per heavy atom. The van der Waals surface area contributed by atoms with E-state index in [1.807, 2.05) is 0 Å². The third-order valence-electron chi connectivity index (χ3n) is 2.05. The van der Waals surface area contributed by atoms with Crippen LogP contribution in [0.2, 0.25) is 0 Å². The Morgan fingerprint density at radius 1 is 1.36 bits per heavy atom. The van der Waals surface area contributed by atoms with Crippen molar-refractivity contribution in [2.24, 2.45) is 0 Å². The van der Waals surface area contributed by atoms with Gasteiger partial charge in [0.25, 0.3) is 0 Å². The molecule has 0 saturated carbocycles. The largest absolute Gasteiger partial charge is 0.0648 e. The van der Waals surface area contributed by atoms with E-state index in [1.54, 1.807) is 0 Å². The molecule has 1 aromatic carbocycles. The van der Waals surface area contributed by atoms with Crippen molar-refractivity contribution in [3.63, 3.8) is 0 Å². The van der Waals surface area contributed by atoms with Crippen LogP contribution >= 0.6 is 15.9 Å². The molecule has 1 atom stereocenters. The molecule has 1 aromatic rings. The summed E-state index contributed by atoms with van der Waals surface area (Å²) in [5.41, 5.74) is 1.41. The van der Waals surface area contributed by atoms with Gasteiger partial charge in [0.2, 0.25) is 0 Å². The highest BCUT2D eigenvalue weighted by molar-refractivity contribution is 9.10. The van der Waals surface area contributed by atoms with Gasteiger partial charge in [-0.15, -0.1) is 0 Å². The fourth-order valence-electron chi connectivity index (χ4n) is 1.09. The van der Waals surface area contributed by atoms with E-state index in [9.17, 15) is 0 Å². The number of hydrogen-bond donors (Lipinski definition) is 0. The van der Waals surface area contributed by atoms with Crippen LogP contribution in [0.1, 0.15) is 31.7 Å². The second-order valence-electron chi connectivity index (χ2n) is 2.83. The van der Waals surface area contributed by atoms with E-state index < -0.39 is 0 Å². The average Bonchev–Trinajstić information content (AvgIpc) is 2.04. The Balaban J connectivity index is 2.93. The van der Waals surface area contributed by atoms with Gasteiger partial charge >= 0.3 is 0 Å². The summed E-state index contributed by atoms with van der Waals surface area (Å²) >= 11 is 3.54. The molecule has 0 saturated heterocycles. The minimum atomic E-state index is 0.658. The summed E-state index contributed by atoms with van der Waals surface area (Å²) in [6, 6.07) is 8.42. The number of hydrogen-bond acceptors (Lipinski definition) is 0. The smallest absolute Gasteiger partial charge is 0.0210 e. The van der Waals surface area contributed by atoms with Crippen molar-refractivity contribution in [1.82, 2.24) is 0 Å². The van der Waals surface area contributed by atoms with E-state index in [4.69, 9.17) is 0 Å². The third-order valence-corrected chi connectivity index (χ3v) is 2.77. The normalized spacial score (nSPS) is 13.0. The van der Waals surface area contributed by atoms with E-state index in [2.05, 4.69) is 54.0 Å². The summed E-state index contributed by atoms with van der Waals surface area (Å²) in [4.78, 5) is 0. The first-order valence-electron chi connectivity index (χ1n) is 4.00. The Morgan fingerprint density at radius 3 is 2.55 bits per heavy atom. The fourth-order valence-corrected chi connectivity index (χ4v) is 1.77. The first kappa shape index (κ1) is 8.79. The Labute approximate surface area is 76.8 Å². The van der Waals surface area contributed by atoms with Gasteiger partial charge in [-0.2, -0.15) is 0 Å². The average molecular weight is 213 g/mol. The Kier molecular flexibility index (Phi) is 3.13. The van der Waals surface area contributed by atoms with Crippen LogP contribution in [0.4, 0.5) is 0 Å². The molecule has 0 fully saturated rings. The van der Waals surface area contributed by atoms with Crippen LogP contribution in [-0.2, 0) is 0 Å². The molecule has 0 heterocycles. The van der Waals surface area contributed by atoms with E-state index in [-0.39, 0.29) is 0 Å². The predicted molar refractivity (Wildman–Crippen MR) is 52.8 cm³/mol. The molecule has 0 N–H and O–H groups in total. The van der Waals surface area contributed by atoms with Gasteiger partial charge in [0.15, 0.2) is 0 Å². The van der Waals surface area contributed by atoms with Crippen molar-refractivity contribution in [1.29, 1.82) is 0 Å². The summed E-state index contributed by atoms with van der Waals surface area (Å²) in [5, 5.41) is 0. The van der Waals surface area contributed by atoms with Crippen molar-refractivity contribution in [3.8, 4) is 0 Å². The zero-order chi connectivity index (χ0) is 8.27. The maximum Gasteiger partial charge on any atom is 0.0210 e. The van der Waals surface area contributed by atoms with Crippen molar-refractivity contribution in [3.05, 3.63) is 34.3 Å². The van der Waals surface area contributed by atoms with E-state index in [1.165, 1.54) is 16.5 Å². The van der Waals surface area contributed by atoms with E-state index >= 15 is 0 Å². The quantitative estimate of drug-likeness (QED) is 0.697. The summed E-state index contributed by atoms with van der Waals surface area (Å²) < 4.78 is 1.23. The first-order valence-corrected chi connectivity index (χ1v) is 4.79. The summed E-state index contributed by atoms with van der Waals surface area (Å²) in [6.07, 6.45) is 1.20. The highest BCUT2D eigenvalue weighted by Crippen LogP contribution is 2.26. The zero-order valence-electron chi connectivity index (χ0n) is 6.97. The number of halogens is 1. The molecule has 0 aromatic heterocycles. The fraction of sp³-hybridized carbons (Fsp3) is 0.400. The van der Waals surface area contributed by atoms with Crippen LogP contribution < -0.4 is 0 Å². The lowest BCUT2D eigenvalue weighted by molar-refractivity contribution is 0.730. The van der Waals surface area contributed by atoms with Crippen molar-refractivity contribution in [2.45, 2.75) is 26.2 Å². The lowest BCUT2D eigenvalue weighted by atomic mass is 9.99. The molecule has 0 spiro atoms. The molecular formula is C10H13Br.